The fourth-order valence-corrected chi connectivity index (χ4v) is 2.65. The van der Waals surface area contributed by atoms with Gasteiger partial charge in [-0.15, -0.1) is 0 Å². The Bertz CT molecular complexity index is 271. The minimum atomic E-state index is -2.50. The Balaban J connectivity index is 1.98. The molecule has 0 aromatic rings. The van der Waals surface area contributed by atoms with E-state index in [4.69, 9.17) is 5.73 Å². The van der Waals surface area contributed by atoms with Crippen LogP contribution in [0.4, 0.5) is 8.78 Å². The van der Waals surface area contributed by atoms with Crippen LogP contribution in [0.5, 0.6) is 0 Å². The highest BCUT2D eigenvalue weighted by atomic mass is 19.3. The molecule has 3 nitrogen and oxygen atoms in total. The quantitative estimate of drug-likeness (QED) is 0.690. The molecular formula is C10H16F2N2O. The summed E-state index contributed by atoms with van der Waals surface area (Å²) in [5.74, 6) is -2.88. The third-order valence-electron chi connectivity index (χ3n) is 3.75. The van der Waals surface area contributed by atoms with Gasteiger partial charge in [-0.25, -0.2) is 8.78 Å². The second-order valence-electron chi connectivity index (χ2n) is 4.90. The number of primary amides is 1. The molecule has 15 heavy (non-hydrogen) atoms. The summed E-state index contributed by atoms with van der Waals surface area (Å²) in [5.41, 5.74) is 5.08. The number of rotatable bonds is 1. The van der Waals surface area contributed by atoms with Crippen molar-refractivity contribution in [1.82, 2.24) is 5.32 Å². The molecular weight excluding hydrogens is 202 g/mol. The Labute approximate surface area is 87.4 Å². The second kappa shape index (κ2) is 3.40. The lowest BCUT2D eigenvalue weighted by Gasteiger charge is -2.36. The van der Waals surface area contributed by atoms with Crippen LogP contribution in [-0.2, 0) is 4.79 Å². The maximum Gasteiger partial charge on any atom is 0.248 e. The SMILES string of the molecule is NC(=O)C1CC2(CCC(F)(F)CC2)CN1. The average Bonchev–Trinajstić information content (AvgIpc) is 2.56. The molecule has 1 saturated heterocycles. The number of nitrogens with two attached hydrogens (primary N) is 1. The highest BCUT2D eigenvalue weighted by Gasteiger charge is 2.47. The summed E-state index contributed by atoms with van der Waals surface area (Å²) in [6.07, 6.45) is 1.51. The van der Waals surface area contributed by atoms with Gasteiger partial charge < -0.3 is 11.1 Å². The molecule has 2 rings (SSSR count). The van der Waals surface area contributed by atoms with Crippen LogP contribution in [0.2, 0.25) is 0 Å². The molecule has 1 saturated carbocycles. The van der Waals surface area contributed by atoms with Gasteiger partial charge in [0.05, 0.1) is 6.04 Å². The Morgan fingerprint density at radius 2 is 1.87 bits per heavy atom. The number of amides is 1. The summed E-state index contributed by atoms with van der Waals surface area (Å²) in [6, 6.07) is -0.322. The molecule has 1 unspecified atom stereocenters. The summed E-state index contributed by atoms with van der Waals surface area (Å²) in [4.78, 5) is 11.0. The molecule has 0 aromatic carbocycles. The predicted octanol–water partition coefficient (Wildman–Crippen LogP) is 1.03. The van der Waals surface area contributed by atoms with Gasteiger partial charge in [0.15, 0.2) is 0 Å². The first kappa shape index (κ1) is 10.8. The molecule has 0 bridgehead atoms. The van der Waals surface area contributed by atoms with Crippen LogP contribution < -0.4 is 11.1 Å². The topological polar surface area (TPSA) is 55.1 Å². The third-order valence-corrected chi connectivity index (χ3v) is 3.75. The summed E-state index contributed by atoms with van der Waals surface area (Å²) in [5, 5.41) is 3.02. The van der Waals surface area contributed by atoms with Crippen molar-refractivity contribution >= 4 is 5.91 Å². The lowest BCUT2D eigenvalue weighted by atomic mass is 9.71. The minimum Gasteiger partial charge on any atom is -0.368 e. The first-order valence-corrected chi connectivity index (χ1v) is 5.33. The largest absolute Gasteiger partial charge is 0.368 e. The van der Waals surface area contributed by atoms with Gasteiger partial charge in [0.2, 0.25) is 11.8 Å². The van der Waals surface area contributed by atoms with Gasteiger partial charge in [0, 0.05) is 19.4 Å². The standard InChI is InChI=1S/C10H16F2N2O/c11-10(12)3-1-9(2-4-10)5-7(8(13)15)14-6-9/h7,14H,1-6H2,(H2,13,15). The lowest BCUT2D eigenvalue weighted by Crippen LogP contribution is -2.36. The van der Waals surface area contributed by atoms with Crippen LogP contribution in [-0.4, -0.2) is 24.4 Å². The number of carbonyl (C=O) groups is 1. The van der Waals surface area contributed by atoms with E-state index in [0.717, 1.165) is 0 Å². The molecule has 1 aliphatic carbocycles. The second-order valence-corrected chi connectivity index (χ2v) is 4.90. The average molecular weight is 218 g/mol. The highest BCUT2D eigenvalue weighted by molar-refractivity contribution is 5.80. The summed E-state index contributed by atoms with van der Waals surface area (Å²) in [7, 11) is 0. The van der Waals surface area contributed by atoms with E-state index < -0.39 is 5.92 Å². The molecule has 1 heterocycles. The van der Waals surface area contributed by atoms with Crippen molar-refractivity contribution < 1.29 is 13.6 Å². The number of hydrogen-bond donors (Lipinski definition) is 2. The number of alkyl halides is 2. The van der Waals surface area contributed by atoms with Crippen LogP contribution in [0.25, 0.3) is 0 Å². The molecule has 5 heteroatoms. The van der Waals surface area contributed by atoms with Crippen LogP contribution in [0.3, 0.4) is 0 Å². The van der Waals surface area contributed by atoms with Crippen LogP contribution >= 0.6 is 0 Å². The Morgan fingerprint density at radius 1 is 1.27 bits per heavy atom. The number of carbonyl (C=O) groups excluding carboxylic acids is 1. The first-order chi connectivity index (χ1) is 6.93. The first-order valence-electron chi connectivity index (χ1n) is 5.33. The fraction of sp³-hybridized carbons (Fsp3) is 0.900. The summed E-state index contributed by atoms with van der Waals surface area (Å²) < 4.78 is 26.0. The normalized spacial score (nSPS) is 33.1. The molecule has 0 aromatic heterocycles. The van der Waals surface area contributed by atoms with E-state index in [1.807, 2.05) is 0 Å². The molecule has 0 radical (unpaired) electrons. The highest BCUT2D eigenvalue weighted by Crippen LogP contribution is 2.47. The van der Waals surface area contributed by atoms with Crippen molar-refractivity contribution in [3.63, 3.8) is 0 Å². The van der Waals surface area contributed by atoms with Gasteiger partial charge in [0.1, 0.15) is 0 Å². The van der Waals surface area contributed by atoms with Gasteiger partial charge in [-0.2, -0.15) is 0 Å². The molecule has 3 N–H and O–H groups in total. The van der Waals surface area contributed by atoms with Crippen molar-refractivity contribution in [2.75, 3.05) is 6.54 Å². The molecule has 2 fully saturated rings. The van der Waals surface area contributed by atoms with E-state index in [9.17, 15) is 13.6 Å². The lowest BCUT2D eigenvalue weighted by molar-refractivity contribution is -0.120. The van der Waals surface area contributed by atoms with Gasteiger partial charge in [-0.05, 0) is 24.7 Å². The summed E-state index contributed by atoms with van der Waals surface area (Å²) >= 11 is 0. The molecule has 2 aliphatic rings. The Morgan fingerprint density at radius 3 is 2.33 bits per heavy atom. The predicted molar refractivity (Wildman–Crippen MR) is 51.5 cm³/mol. The van der Waals surface area contributed by atoms with Crippen molar-refractivity contribution in [3.05, 3.63) is 0 Å². The van der Waals surface area contributed by atoms with Crippen LogP contribution in [0.15, 0.2) is 0 Å². The zero-order valence-electron chi connectivity index (χ0n) is 8.56. The van der Waals surface area contributed by atoms with Gasteiger partial charge >= 0.3 is 0 Å². The van der Waals surface area contributed by atoms with Gasteiger partial charge in [-0.1, -0.05) is 0 Å². The van der Waals surface area contributed by atoms with Crippen molar-refractivity contribution in [1.29, 1.82) is 0 Å². The number of hydrogen-bond acceptors (Lipinski definition) is 2. The van der Waals surface area contributed by atoms with Crippen LogP contribution in [0, 0.1) is 5.41 Å². The fourth-order valence-electron chi connectivity index (χ4n) is 2.65. The van der Waals surface area contributed by atoms with Gasteiger partial charge in [0.25, 0.3) is 0 Å². The van der Waals surface area contributed by atoms with E-state index >= 15 is 0 Å². The monoisotopic (exact) mass is 218 g/mol. The molecule has 1 spiro atoms. The van der Waals surface area contributed by atoms with Crippen molar-refractivity contribution in [2.45, 2.75) is 44.1 Å². The van der Waals surface area contributed by atoms with E-state index in [1.54, 1.807) is 0 Å². The molecule has 1 amide bonds. The third kappa shape index (κ3) is 2.12. The number of nitrogens with one attached hydrogen (secondary N) is 1. The number of halogens is 2. The van der Waals surface area contributed by atoms with E-state index in [0.29, 0.717) is 25.8 Å². The maximum atomic E-state index is 13.0. The van der Waals surface area contributed by atoms with Crippen molar-refractivity contribution in [2.24, 2.45) is 11.1 Å². The molecule has 86 valence electrons. The zero-order valence-corrected chi connectivity index (χ0v) is 8.56. The minimum absolute atomic E-state index is 0.0554. The van der Waals surface area contributed by atoms with E-state index in [-0.39, 0.29) is 30.2 Å². The smallest absolute Gasteiger partial charge is 0.248 e. The van der Waals surface area contributed by atoms with Crippen LogP contribution in [0.1, 0.15) is 32.1 Å². The zero-order chi connectivity index (χ0) is 11.1. The maximum absolute atomic E-state index is 13.0. The van der Waals surface area contributed by atoms with Crippen molar-refractivity contribution in [3.8, 4) is 0 Å². The molecule has 1 aliphatic heterocycles. The van der Waals surface area contributed by atoms with E-state index in [2.05, 4.69) is 5.32 Å². The van der Waals surface area contributed by atoms with Gasteiger partial charge in [-0.3, -0.25) is 4.79 Å². The summed E-state index contributed by atoms with van der Waals surface area (Å²) in [6.45, 7) is 0.649. The Kier molecular flexibility index (Phi) is 2.45. The van der Waals surface area contributed by atoms with E-state index in [1.165, 1.54) is 0 Å². The molecule has 1 atom stereocenters. The Hall–Kier alpha value is -0.710.